The Hall–Kier alpha value is -2.10. The van der Waals surface area contributed by atoms with Crippen LogP contribution in [0.2, 0.25) is 0 Å². The van der Waals surface area contributed by atoms with Gasteiger partial charge in [0.05, 0.1) is 0 Å². The Labute approximate surface area is 112 Å². The van der Waals surface area contributed by atoms with Crippen LogP contribution in [-0.4, -0.2) is 11.9 Å². The van der Waals surface area contributed by atoms with Gasteiger partial charge >= 0.3 is 11.9 Å². The molecule has 4 nitrogen and oxygen atoms in total. The molecule has 0 aromatic heterocycles. The van der Waals surface area contributed by atoms with E-state index < -0.39 is 0 Å². The zero-order valence-electron chi connectivity index (χ0n) is 11.2. The first-order valence-corrected chi connectivity index (χ1v) is 6.13. The lowest BCUT2D eigenvalue weighted by Gasteiger charge is -2.27. The third-order valence-corrected chi connectivity index (χ3v) is 2.99. The summed E-state index contributed by atoms with van der Waals surface area (Å²) in [6.45, 7) is 4.65. The zero-order valence-corrected chi connectivity index (χ0v) is 11.2. The van der Waals surface area contributed by atoms with E-state index in [-0.39, 0.29) is 18.0 Å². The zero-order chi connectivity index (χ0) is 14.0. The van der Waals surface area contributed by atoms with Crippen LogP contribution in [0.3, 0.4) is 0 Å². The molecule has 1 atom stereocenters. The SMILES string of the molecule is CC(=O)OC1=C(C)CC(OC(C)=O)c2ccccc21. The van der Waals surface area contributed by atoms with Crippen molar-refractivity contribution in [2.45, 2.75) is 33.3 Å². The molecule has 1 aromatic carbocycles. The molecular formula is C15H16O4. The molecule has 1 aliphatic carbocycles. The molecule has 0 radical (unpaired) electrons. The molecule has 1 unspecified atom stereocenters. The van der Waals surface area contributed by atoms with E-state index in [9.17, 15) is 9.59 Å². The van der Waals surface area contributed by atoms with Crippen LogP contribution in [0.4, 0.5) is 0 Å². The van der Waals surface area contributed by atoms with Gasteiger partial charge in [0.2, 0.25) is 0 Å². The van der Waals surface area contributed by atoms with Gasteiger partial charge in [0.15, 0.2) is 0 Å². The van der Waals surface area contributed by atoms with E-state index in [0.29, 0.717) is 12.2 Å². The number of hydrogen-bond donors (Lipinski definition) is 0. The van der Waals surface area contributed by atoms with Crippen LogP contribution in [-0.2, 0) is 19.1 Å². The molecule has 19 heavy (non-hydrogen) atoms. The van der Waals surface area contributed by atoms with Crippen molar-refractivity contribution in [2.24, 2.45) is 0 Å². The molecule has 0 saturated heterocycles. The Morgan fingerprint density at radius 3 is 2.47 bits per heavy atom. The molecule has 0 fully saturated rings. The number of rotatable bonds is 2. The quantitative estimate of drug-likeness (QED) is 0.767. The average Bonchev–Trinajstić information content (AvgIpc) is 2.33. The van der Waals surface area contributed by atoms with E-state index in [1.165, 1.54) is 13.8 Å². The van der Waals surface area contributed by atoms with E-state index in [0.717, 1.165) is 16.7 Å². The molecule has 0 amide bonds. The second-order valence-corrected chi connectivity index (χ2v) is 4.59. The summed E-state index contributed by atoms with van der Waals surface area (Å²) < 4.78 is 10.6. The highest BCUT2D eigenvalue weighted by Crippen LogP contribution is 2.39. The minimum atomic E-state index is -0.352. The van der Waals surface area contributed by atoms with Crippen LogP contribution in [0.15, 0.2) is 29.8 Å². The van der Waals surface area contributed by atoms with Gasteiger partial charge in [-0.25, -0.2) is 0 Å². The molecule has 0 bridgehead atoms. The van der Waals surface area contributed by atoms with Gasteiger partial charge in [-0.3, -0.25) is 9.59 Å². The van der Waals surface area contributed by atoms with Crippen LogP contribution in [0.25, 0.3) is 5.76 Å². The number of hydrogen-bond acceptors (Lipinski definition) is 4. The van der Waals surface area contributed by atoms with Gasteiger partial charge in [0.1, 0.15) is 11.9 Å². The highest BCUT2D eigenvalue weighted by atomic mass is 16.5. The number of benzene rings is 1. The maximum Gasteiger partial charge on any atom is 0.308 e. The summed E-state index contributed by atoms with van der Waals surface area (Å²) in [5.74, 6) is -0.0925. The number of esters is 2. The smallest absolute Gasteiger partial charge is 0.308 e. The van der Waals surface area contributed by atoms with Gasteiger partial charge < -0.3 is 9.47 Å². The second kappa shape index (κ2) is 5.26. The summed E-state index contributed by atoms with van der Waals surface area (Å²) >= 11 is 0. The van der Waals surface area contributed by atoms with E-state index in [1.807, 2.05) is 31.2 Å². The van der Waals surface area contributed by atoms with E-state index in [1.54, 1.807) is 0 Å². The molecule has 0 heterocycles. The lowest BCUT2D eigenvalue weighted by Crippen LogP contribution is -2.17. The highest BCUT2D eigenvalue weighted by Gasteiger charge is 2.28. The minimum Gasteiger partial charge on any atom is -0.457 e. The molecule has 0 saturated carbocycles. The van der Waals surface area contributed by atoms with E-state index in [4.69, 9.17) is 9.47 Å². The van der Waals surface area contributed by atoms with Gasteiger partial charge in [0, 0.05) is 31.4 Å². The average molecular weight is 260 g/mol. The van der Waals surface area contributed by atoms with Crippen LogP contribution in [0.5, 0.6) is 0 Å². The summed E-state index contributed by atoms with van der Waals surface area (Å²) in [6, 6.07) is 7.50. The van der Waals surface area contributed by atoms with Crippen molar-refractivity contribution in [1.29, 1.82) is 0 Å². The molecule has 100 valence electrons. The van der Waals surface area contributed by atoms with Crippen molar-refractivity contribution in [2.75, 3.05) is 0 Å². The van der Waals surface area contributed by atoms with Gasteiger partial charge in [0.25, 0.3) is 0 Å². The molecule has 0 N–H and O–H groups in total. The number of fused-ring (bicyclic) bond motifs is 1. The van der Waals surface area contributed by atoms with Crippen molar-refractivity contribution in [3.05, 3.63) is 41.0 Å². The molecule has 0 spiro atoms. The van der Waals surface area contributed by atoms with Gasteiger partial charge in [-0.05, 0) is 12.5 Å². The molecule has 0 aliphatic heterocycles. The normalized spacial score (nSPS) is 17.7. The summed E-state index contributed by atoms with van der Waals surface area (Å²) in [7, 11) is 0. The predicted octanol–water partition coefficient (Wildman–Crippen LogP) is 2.99. The monoisotopic (exact) mass is 260 g/mol. The lowest BCUT2D eigenvalue weighted by molar-refractivity contribution is -0.147. The van der Waals surface area contributed by atoms with Crippen LogP contribution < -0.4 is 0 Å². The van der Waals surface area contributed by atoms with Crippen LogP contribution in [0.1, 0.15) is 44.4 Å². The summed E-state index contributed by atoms with van der Waals surface area (Å²) in [4.78, 5) is 22.3. The number of carbonyl (C=O) groups excluding carboxylic acids is 2. The predicted molar refractivity (Wildman–Crippen MR) is 69.9 cm³/mol. The summed E-state index contributed by atoms with van der Waals surface area (Å²) in [6.07, 6.45) is 0.229. The molecule has 1 aliphatic rings. The number of carbonyl (C=O) groups is 2. The van der Waals surface area contributed by atoms with E-state index in [2.05, 4.69) is 0 Å². The molecule has 4 heteroatoms. The first kappa shape index (κ1) is 13.3. The maximum atomic E-state index is 11.2. The maximum absolute atomic E-state index is 11.2. The summed E-state index contributed by atoms with van der Waals surface area (Å²) in [5.41, 5.74) is 2.59. The fourth-order valence-corrected chi connectivity index (χ4v) is 2.29. The molecular weight excluding hydrogens is 244 g/mol. The topological polar surface area (TPSA) is 52.6 Å². The van der Waals surface area contributed by atoms with E-state index >= 15 is 0 Å². The van der Waals surface area contributed by atoms with Crippen molar-refractivity contribution in [3.63, 3.8) is 0 Å². The Morgan fingerprint density at radius 2 is 1.84 bits per heavy atom. The largest absolute Gasteiger partial charge is 0.457 e. The standard InChI is InChI=1S/C15H16O4/c1-9-8-14(18-10(2)16)12-6-4-5-7-13(12)15(9)19-11(3)17/h4-7,14H,8H2,1-3H3. The Kier molecular flexibility index (Phi) is 3.69. The fraction of sp³-hybridized carbons (Fsp3) is 0.333. The van der Waals surface area contributed by atoms with Gasteiger partial charge in [-0.2, -0.15) is 0 Å². The lowest BCUT2D eigenvalue weighted by atomic mass is 9.89. The molecule has 2 rings (SSSR count). The van der Waals surface area contributed by atoms with Gasteiger partial charge in [-0.15, -0.1) is 0 Å². The molecule has 1 aromatic rings. The Balaban J connectivity index is 2.44. The third kappa shape index (κ3) is 2.84. The van der Waals surface area contributed by atoms with Crippen molar-refractivity contribution >= 4 is 17.7 Å². The minimum absolute atomic E-state index is 0.312. The Morgan fingerprint density at radius 1 is 1.16 bits per heavy atom. The third-order valence-electron chi connectivity index (χ3n) is 2.99. The summed E-state index contributed by atoms with van der Waals surface area (Å²) in [5, 5.41) is 0. The van der Waals surface area contributed by atoms with Crippen LogP contribution >= 0.6 is 0 Å². The second-order valence-electron chi connectivity index (χ2n) is 4.59. The van der Waals surface area contributed by atoms with Gasteiger partial charge in [-0.1, -0.05) is 24.3 Å². The Bertz CT molecular complexity index is 557. The highest BCUT2D eigenvalue weighted by molar-refractivity contribution is 5.79. The first-order valence-electron chi connectivity index (χ1n) is 6.13. The van der Waals surface area contributed by atoms with Crippen molar-refractivity contribution in [3.8, 4) is 0 Å². The fourth-order valence-electron chi connectivity index (χ4n) is 2.29. The van der Waals surface area contributed by atoms with Crippen LogP contribution in [0, 0.1) is 0 Å². The number of ether oxygens (including phenoxy) is 2. The van der Waals surface area contributed by atoms with Crippen molar-refractivity contribution in [1.82, 2.24) is 0 Å². The first-order chi connectivity index (χ1) is 8.99. The van der Waals surface area contributed by atoms with Crippen molar-refractivity contribution < 1.29 is 19.1 Å².